The number of esters is 1. The molecule has 1 aromatic carbocycles. The Labute approximate surface area is 123 Å². The second-order valence-electron chi connectivity index (χ2n) is 4.18. The van der Waals surface area contributed by atoms with Gasteiger partial charge in [-0.2, -0.15) is 0 Å². The van der Waals surface area contributed by atoms with Gasteiger partial charge in [0.25, 0.3) is 0 Å². The standard InChI is InChI=1S/C13H17NO6S/c1-3-20-12(15)8-9-14(2)21(18,19)11-7-5-4-6-10(11)13(16)17/h4-7H,3,8-9H2,1-2H3,(H,16,17). The molecule has 8 heteroatoms. The van der Waals surface area contributed by atoms with Crippen molar-refractivity contribution in [2.45, 2.75) is 18.2 Å². The van der Waals surface area contributed by atoms with Crippen LogP contribution in [0.3, 0.4) is 0 Å². The minimum Gasteiger partial charge on any atom is -0.478 e. The number of carboxylic acids is 1. The topological polar surface area (TPSA) is 101 Å². The number of carbonyl (C=O) groups excluding carboxylic acids is 1. The van der Waals surface area contributed by atoms with Gasteiger partial charge < -0.3 is 9.84 Å². The minimum absolute atomic E-state index is 0.0882. The summed E-state index contributed by atoms with van der Waals surface area (Å²) in [5.41, 5.74) is -0.305. The van der Waals surface area contributed by atoms with Crippen LogP contribution < -0.4 is 0 Å². The highest BCUT2D eigenvalue weighted by Crippen LogP contribution is 2.19. The predicted octanol–water partition coefficient (Wildman–Crippen LogP) is 0.958. The fraction of sp³-hybridized carbons (Fsp3) is 0.385. The van der Waals surface area contributed by atoms with Gasteiger partial charge in [-0.15, -0.1) is 0 Å². The zero-order valence-corrected chi connectivity index (χ0v) is 12.6. The lowest BCUT2D eigenvalue weighted by Crippen LogP contribution is -2.30. The molecule has 1 aromatic rings. The third kappa shape index (κ3) is 4.27. The summed E-state index contributed by atoms with van der Waals surface area (Å²) in [6, 6.07) is 5.33. The summed E-state index contributed by atoms with van der Waals surface area (Å²) >= 11 is 0. The van der Waals surface area contributed by atoms with Crippen LogP contribution in [0.4, 0.5) is 0 Å². The van der Waals surface area contributed by atoms with Crippen LogP contribution >= 0.6 is 0 Å². The van der Waals surface area contributed by atoms with Crippen LogP contribution in [0, 0.1) is 0 Å². The third-order valence-electron chi connectivity index (χ3n) is 2.74. The van der Waals surface area contributed by atoms with Gasteiger partial charge in [0.15, 0.2) is 0 Å². The highest BCUT2D eigenvalue weighted by molar-refractivity contribution is 7.89. The largest absolute Gasteiger partial charge is 0.478 e. The molecular weight excluding hydrogens is 298 g/mol. The lowest BCUT2D eigenvalue weighted by atomic mass is 10.2. The molecule has 0 spiro atoms. The van der Waals surface area contributed by atoms with Gasteiger partial charge in [0.1, 0.15) is 0 Å². The number of nitrogens with zero attached hydrogens (tertiary/aromatic N) is 1. The fourth-order valence-electron chi connectivity index (χ4n) is 1.64. The van der Waals surface area contributed by atoms with Gasteiger partial charge in [-0.25, -0.2) is 17.5 Å². The first-order valence-corrected chi connectivity index (χ1v) is 7.69. The smallest absolute Gasteiger partial charge is 0.337 e. The minimum atomic E-state index is -3.98. The predicted molar refractivity (Wildman–Crippen MR) is 74.5 cm³/mol. The number of carboxylic acid groups (broad SMARTS) is 1. The van der Waals surface area contributed by atoms with Crippen LogP contribution in [0.25, 0.3) is 0 Å². The number of aromatic carboxylic acids is 1. The molecule has 1 N–H and O–H groups in total. The molecule has 0 atom stereocenters. The summed E-state index contributed by atoms with van der Waals surface area (Å²) < 4.78 is 30.3. The molecule has 0 bridgehead atoms. The van der Waals surface area contributed by atoms with Crippen LogP contribution in [0.5, 0.6) is 0 Å². The summed E-state index contributed by atoms with van der Waals surface area (Å²) in [6.45, 7) is 1.79. The Hall–Kier alpha value is -1.93. The molecule has 1 rings (SSSR count). The molecule has 0 heterocycles. The number of rotatable bonds is 7. The van der Waals surface area contributed by atoms with Crippen LogP contribution in [0.15, 0.2) is 29.2 Å². The lowest BCUT2D eigenvalue weighted by Gasteiger charge is -2.17. The van der Waals surface area contributed by atoms with Crippen molar-refractivity contribution >= 4 is 22.0 Å². The molecule has 0 saturated heterocycles. The van der Waals surface area contributed by atoms with E-state index in [1.165, 1.54) is 31.3 Å². The SMILES string of the molecule is CCOC(=O)CCN(C)S(=O)(=O)c1ccccc1C(=O)O. The van der Waals surface area contributed by atoms with Gasteiger partial charge in [-0.05, 0) is 19.1 Å². The number of hydrogen-bond donors (Lipinski definition) is 1. The number of hydrogen-bond acceptors (Lipinski definition) is 5. The lowest BCUT2D eigenvalue weighted by molar-refractivity contribution is -0.143. The van der Waals surface area contributed by atoms with Crippen molar-refractivity contribution < 1.29 is 27.9 Å². The number of benzene rings is 1. The van der Waals surface area contributed by atoms with Crippen LogP contribution in [-0.4, -0.2) is 50.0 Å². The molecule has 0 saturated carbocycles. The second-order valence-corrected chi connectivity index (χ2v) is 6.20. The van der Waals surface area contributed by atoms with Crippen molar-refractivity contribution in [1.29, 1.82) is 0 Å². The van der Waals surface area contributed by atoms with Crippen LogP contribution in [0.2, 0.25) is 0 Å². The molecule has 116 valence electrons. The van der Waals surface area contributed by atoms with E-state index in [0.717, 1.165) is 4.31 Å². The Kier molecular flexibility index (Phi) is 5.86. The third-order valence-corrected chi connectivity index (χ3v) is 4.66. The first-order valence-electron chi connectivity index (χ1n) is 6.25. The van der Waals surface area contributed by atoms with Gasteiger partial charge in [-0.1, -0.05) is 12.1 Å². The van der Waals surface area contributed by atoms with Gasteiger partial charge >= 0.3 is 11.9 Å². The van der Waals surface area contributed by atoms with E-state index in [9.17, 15) is 18.0 Å². The van der Waals surface area contributed by atoms with E-state index in [0.29, 0.717) is 0 Å². The van der Waals surface area contributed by atoms with E-state index < -0.39 is 22.0 Å². The van der Waals surface area contributed by atoms with Crippen molar-refractivity contribution in [2.24, 2.45) is 0 Å². The van der Waals surface area contributed by atoms with Crippen molar-refractivity contribution in [1.82, 2.24) is 4.31 Å². The van der Waals surface area contributed by atoms with Crippen molar-refractivity contribution in [3.8, 4) is 0 Å². The van der Waals surface area contributed by atoms with Gasteiger partial charge in [0.05, 0.1) is 23.5 Å². The average Bonchev–Trinajstić information content (AvgIpc) is 2.44. The van der Waals surface area contributed by atoms with Gasteiger partial charge in [0, 0.05) is 13.6 Å². The molecule has 0 fully saturated rings. The molecule has 0 amide bonds. The van der Waals surface area contributed by atoms with Gasteiger partial charge in [-0.3, -0.25) is 4.79 Å². The highest BCUT2D eigenvalue weighted by Gasteiger charge is 2.26. The molecule has 0 unspecified atom stereocenters. The fourth-order valence-corrected chi connectivity index (χ4v) is 2.99. The molecule has 0 aliphatic rings. The van der Waals surface area contributed by atoms with Crippen molar-refractivity contribution in [3.63, 3.8) is 0 Å². The average molecular weight is 315 g/mol. The molecular formula is C13H17NO6S. The van der Waals surface area contributed by atoms with Gasteiger partial charge in [0.2, 0.25) is 10.0 Å². The monoisotopic (exact) mass is 315 g/mol. The Morgan fingerprint density at radius 2 is 1.90 bits per heavy atom. The van der Waals surface area contributed by atoms with Crippen molar-refractivity contribution in [2.75, 3.05) is 20.2 Å². The summed E-state index contributed by atoms with van der Waals surface area (Å²) in [5.74, 6) is -1.83. The highest BCUT2D eigenvalue weighted by atomic mass is 32.2. The molecule has 0 aliphatic heterocycles. The Morgan fingerprint density at radius 1 is 1.29 bits per heavy atom. The summed E-state index contributed by atoms with van der Waals surface area (Å²) in [6.07, 6.45) is -0.0984. The van der Waals surface area contributed by atoms with Crippen LogP contribution in [-0.2, 0) is 19.6 Å². The second kappa shape index (κ2) is 7.19. The van der Waals surface area contributed by atoms with E-state index in [1.54, 1.807) is 6.92 Å². The maximum absolute atomic E-state index is 12.3. The molecule has 7 nitrogen and oxygen atoms in total. The number of carbonyl (C=O) groups is 2. The normalized spacial score (nSPS) is 11.4. The first kappa shape index (κ1) is 17.1. The number of sulfonamides is 1. The van der Waals surface area contributed by atoms with Crippen molar-refractivity contribution in [3.05, 3.63) is 29.8 Å². The molecule has 21 heavy (non-hydrogen) atoms. The number of ether oxygens (including phenoxy) is 1. The maximum atomic E-state index is 12.3. The van der Waals surface area contributed by atoms with E-state index >= 15 is 0 Å². The van der Waals surface area contributed by atoms with E-state index in [1.807, 2.05) is 0 Å². The molecule has 0 radical (unpaired) electrons. The summed E-state index contributed by atoms with van der Waals surface area (Å²) in [5, 5.41) is 9.04. The quantitative estimate of drug-likeness (QED) is 0.752. The Bertz CT molecular complexity index is 625. The van der Waals surface area contributed by atoms with E-state index in [4.69, 9.17) is 9.84 Å². The summed E-state index contributed by atoms with van der Waals surface area (Å²) in [7, 11) is -2.70. The van der Waals surface area contributed by atoms with E-state index in [-0.39, 0.29) is 30.0 Å². The molecule has 0 aromatic heterocycles. The van der Waals surface area contributed by atoms with E-state index in [2.05, 4.69) is 0 Å². The zero-order valence-electron chi connectivity index (χ0n) is 11.8. The Morgan fingerprint density at radius 3 is 2.48 bits per heavy atom. The summed E-state index contributed by atoms with van der Waals surface area (Å²) in [4.78, 5) is 22.0. The Balaban J connectivity index is 2.95. The first-order chi connectivity index (χ1) is 9.80. The van der Waals surface area contributed by atoms with Crippen LogP contribution in [0.1, 0.15) is 23.7 Å². The molecule has 0 aliphatic carbocycles. The zero-order chi connectivity index (χ0) is 16.0. The maximum Gasteiger partial charge on any atom is 0.337 e.